The second kappa shape index (κ2) is 8.65. The zero-order valence-corrected chi connectivity index (χ0v) is 17.1. The number of nitrogens with two attached hydrogens (primary N) is 1. The first-order valence-corrected chi connectivity index (χ1v) is 9.80. The van der Waals surface area contributed by atoms with Gasteiger partial charge in [-0.1, -0.05) is 12.1 Å². The van der Waals surface area contributed by atoms with Gasteiger partial charge in [0.05, 0.1) is 16.5 Å². The Morgan fingerprint density at radius 2 is 2.07 bits per heavy atom. The van der Waals surface area contributed by atoms with Gasteiger partial charge in [-0.25, -0.2) is 0 Å². The Labute approximate surface area is 175 Å². The van der Waals surface area contributed by atoms with Crippen molar-refractivity contribution < 1.29 is 14.5 Å². The molecule has 1 heterocycles. The predicted molar refractivity (Wildman–Crippen MR) is 113 cm³/mol. The number of rotatable bonds is 6. The molecule has 2 amide bonds. The highest BCUT2D eigenvalue weighted by atomic mass is 127. The van der Waals surface area contributed by atoms with Gasteiger partial charge in [0.1, 0.15) is 0 Å². The van der Waals surface area contributed by atoms with E-state index in [1.807, 2.05) is 45.7 Å². The largest absolute Gasteiger partial charge is 0.368 e. The molecular weight excluding hydrogens is 475 g/mol. The summed E-state index contributed by atoms with van der Waals surface area (Å²) >= 11 is 1.97. The number of carbonyl (C=O) groups excluding carboxylic acids is 2. The number of nitro groups is 1. The lowest BCUT2D eigenvalue weighted by Gasteiger charge is -2.22. The Morgan fingerprint density at radius 3 is 2.79 bits per heavy atom. The third kappa shape index (κ3) is 4.65. The molecular formula is C19H19IN4O4. The highest BCUT2D eigenvalue weighted by molar-refractivity contribution is 14.1. The molecule has 0 aliphatic carbocycles. The highest BCUT2D eigenvalue weighted by Crippen LogP contribution is 2.23. The zero-order valence-electron chi connectivity index (χ0n) is 14.9. The van der Waals surface area contributed by atoms with Crippen molar-refractivity contribution in [2.45, 2.75) is 25.4 Å². The smallest absolute Gasteiger partial charge is 0.270 e. The van der Waals surface area contributed by atoms with Crippen LogP contribution in [0, 0.1) is 13.7 Å². The van der Waals surface area contributed by atoms with Gasteiger partial charge in [0.25, 0.3) is 11.6 Å². The molecule has 1 aliphatic rings. The molecule has 1 fully saturated rings. The van der Waals surface area contributed by atoms with Gasteiger partial charge in [0.2, 0.25) is 5.91 Å². The molecule has 3 N–H and O–H groups in total. The van der Waals surface area contributed by atoms with Crippen LogP contribution in [0.25, 0.3) is 0 Å². The number of nitro benzene ring substituents is 1. The summed E-state index contributed by atoms with van der Waals surface area (Å²) < 4.78 is 0.623. The van der Waals surface area contributed by atoms with Crippen LogP contribution in [-0.2, 0) is 11.3 Å². The lowest BCUT2D eigenvalue weighted by atomic mass is 10.1. The van der Waals surface area contributed by atoms with Crippen molar-refractivity contribution in [1.29, 1.82) is 0 Å². The van der Waals surface area contributed by atoms with Crippen molar-refractivity contribution in [2.75, 3.05) is 11.9 Å². The third-order valence-electron chi connectivity index (χ3n) is 4.67. The maximum absolute atomic E-state index is 12.6. The van der Waals surface area contributed by atoms with Gasteiger partial charge in [-0.2, -0.15) is 0 Å². The first-order chi connectivity index (χ1) is 13.3. The van der Waals surface area contributed by atoms with E-state index in [1.54, 1.807) is 12.1 Å². The fourth-order valence-electron chi connectivity index (χ4n) is 3.32. The minimum Gasteiger partial charge on any atom is -0.368 e. The number of nitrogens with zero attached hydrogens (tertiary/aromatic N) is 2. The molecule has 1 saturated heterocycles. The molecule has 2 aromatic carbocycles. The van der Waals surface area contributed by atoms with Crippen molar-refractivity contribution in [3.63, 3.8) is 0 Å². The molecule has 9 heteroatoms. The fourth-order valence-corrected chi connectivity index (χ4v) is 3.90. The first-order valence-electron chi connectivity index (χ1n) is 8.73. The molecule has 28 heavy (non-hydrogen) atoms. The van der Waals surface area contributed by atoms with Crippen LogP contribution in [-0.4, -0.2) is 34.2 Å². The number of non-ortho nitro benzene ring substituents is 1. The summed E-state index contributed by atoms with van der Waals surface area (Å²) in [5.41, 5.74) is 7.10. The van der Waals surface area contributed by atoms with E-state index in [-0.39, 0.29) is 23.2 Å². The van der Waals surface area contributed by atoms with Gasteiger partial charge in [-0.3, -0.25) is 24.6 Å². The number of likely N-dealkylation sites (tertiary alicyclic amines) is 1. The van der Waals surface area contributed by atoms with E-state index in [2.05, 4.69) is 5.32 Å². The summed E-state index contributed by atoms with van der Waals surface area (Å²) in [4.78, 5) is 36.6. The van der Waals surface area contributed by atoms with E-state index in [4.69, 9.17) is 5.73 Å². The Balaban J connectivity index is 1.74. The van der Waals surface area contributed by atoms with Gasteiger partial charge in [0.15, 0.2) is 0 Å². The third-order valence-corrected chi connectivity index (χ3v) is 5.61. The van der Waals surface area contributed by atoms with Crippen LogP contribution >= 0.6 is 22.6 Å². The van der Waals surface area contributed by atoms with Gasteiger partial charge < -0.3 is 11.1 Å². The average molecular weight is 494 g/mol. The first kappa shape index (κ1) is 20.2. The number of hydrogen-bond acceptors (Lipinski definition) is 5. The van der Waals surface area contributed by atoms with E-state index in [0.717, 1.165) is 24.9 Å². The number of benzene rings is 2. The summed E-state index contributed by atoms with van der Waals surface area (Å²) in [6.45, 7) is 1.36. The van der Waals surface area contributed by atoms with E-state index in [1.165, 1.54) is 12.1 Å². The maximum Gasteiger partial charge on any atom is 0.270 e. The summed E-state index contributed by atoms with van der Waals surface area (Å²) in [6, 6.07) is 11.2. The molecule has 2 aromatic rings. The normalized spacial score (nSPS) is 16.7. The number of amides is 2. The lowest BCUT2D eigenvalue weighted by Crippen LogP contribution is -2.39. The highest BCUT2D eigenvalue weighted by Gasteiger charge is 2.28. The van der Waals surface area contributed by atoms with Crippen LogP contribution in [0.5, 0.6) is 0 Å². The quantitative estimate of drug-likeness (QED) is 0.364. The number of primary amides is 1. The predicted octanol–water partition coefficient (Wildman–Crippen LogP) is 2.90. The molecule has 146 valence electrons. The monoisotopic (exact) mass is 494 g/mol. The van der Waals surface area contributed by atoms with E-state index in [9.17, 15) is 19.7 Å². The summed E-state index contributed by atoms with van der Waals surface area (Å²) in [6.07, 6.45) is 1.69. The van der Waals surface area contributed by atoms with Crippen LogP contribution in [0.3, 0.4) is 0 Å². The lowest BCUT2D eigenvalue weighted by molar-refractivity contribution is -0.384. The van der Waals surface area contributed by atoms with Crippen LogP contribution in [0.4, 0.5) is 11.4 Å². The van der Waals surface area contributed by atoms with Crippen molar-refractivity contribution in [3.05, 3.63) is 67.3 Å². The molecule has 1 atom stereocenters. The molecule has 3 rings (SSSR count). The fraction of sp³-hybridized carbons (Fsp3) is 0.263. The Hall–Kier alpha value is -2.53. The molecule has 1 aliphatic heterocycles. The molecule has 0 bridgehead atoms. The molecule has 0 radical (unpaired) electrons. The Bertz CT molecular complexity index is 934. The molecule has 0 saturated carbocycles. The van der Waals surface area contributed by atoms with Crippen LogP contribution in [0.15, 0.2) is 42.5 Å². The topological polar surface area (TPSA) is 119 Å². The summed E-state index contributed by atoms with van der Waals surface area (Å²) in [5, 5.41) is 13.8. The summed E-state index contributed by atoms with van der Waals surface area (Å²) in [7, 11) is 0. The number of hydrogen-bond donors (Lipinski definition) is 2. The van der Waals surface area contributed by atoms with E-state index >= 15 is 0 Å². The minimum absolute atomic E-state index is 0.133. The molecule has 0 aromatic heterocycles. The summed E-state index contributed by atoms with van der Waals surface area (Å²) in [5.74, 6) is -0.733. The molecule has 8 nitrogen and oxygen atoms in total. The second-order valence-corrected chi connectivity index (χ2v) is 7.77. The number of carbonyl (C=O) groups is 2. The SMILES string of the molecule is NC(=O)C1CCCN1Cc1cccc(NC(=O)c2cc([N+](=O)[O-])ccc2I)c1. The van der Waals surface area contributed by atoms with Gasteiger partial charge in [-0.05, 0) is 65.7 Å². The molecule has 1 unspecified atom stereocenters. The van der Waals surface area contributed by atoms with Crippen LogP contribution in [0.2, 0.25) is 0 Å². The molecule has 0 spiro atoms. The van der Waals surface area contributed by atoms with E-state index < -0.39 is 10.8 Å². The van der Waals surface area contributed by atoms with Gasteiger partial charge in [-0.15, -0.1) is 0 Å². The van der Waals surface area contributed by atoms with Crippen molar-refractivity contribution in [1.82, 2.24) is 4.90 Å². The van der Waals surface area contributed by atoms with Gasteiger partial charge >= 0.3 is 0 Å². The second-order valence-electron chi connectivity index (χ2n) is 6.61. The maximum atomic E-state index is 12.6. The zero-order chi connectivity index (χ0) is 20.3. The number of nitrogens with one attached hydrogen (secondary N) is 1. The number of anilines is 1. The standard InChI is InChI=1S/C19H19IN4O4/c20-16-7-6-14(24(27)28)10-15(16)19(26)22-13-4-1-3-12(9-13)11-23-8-2-5-17(23)18(21)25/h1,3-4,6-7,9-10,17H,2,5,8,11H2,(H2,21,25)(H,22,26). The van der Waals surface area contributed by atoms with E-state index in [0.29, 0.717) is 15.8 Å². The van der Waals surface area contributed by atoms with Crippen molar-refractivity contribution >= 4 is 45.8 Å². The van der Waals surface area contributed by atoms with Crippen molar-refractivity contribution in [2.24, 2.45) is 5.73 Å². The van der Waals surface area contributed by atoms with Gasteiger partial charge in [0, 0.05) is 27.9 Å². The van der Waals surface area contributed by atoms with Crippen molar-refractivity contribution in [3.8, 4) is 0 Å². The Morgan fingerprint density at radius 1 is 1.29 bits per heavy atom. The average Bonchev–Trinajstić information content (AvgIpc) is 3.10. The Kier molecular flexibility index (Phi) is 6.25. The minimum atomic E-state index is -0.529. The van der Waals surface area contributed by atoms with Crippen LogP contribution in [0.1, 0.15) is 28.8 Å². The number of halogens is 1. The van der Waals surface area contributed by atoms with Crippen LogP contribution < -0.4 is 11.1 Å².